The van der Waals surface area contributed by atoms with Crippen LogP contribution in [0.2, 0.25) is 0 Å². The third-order valence-corrected chi connectivity index (χ3v) is 4.84. The average molecular weight is 357 g/mol. The van der Waals surface area contributed by atoms with E-state index in [0.29, 0.717) is 11.3 Å². The van der Waals surface area contributed by atoms with Gasteiger partial charge in [0.25, 0.3) is 0 Å². The van der Waals surface area contributed by atoms with Crippen LogP contribution in [-0.2, 0) is 19.9 Å². The summed E-state index contributed by atoms with van der Waals surface area (Å²) in [5.74, 6) is 0.254. The molecule has 0 unspecified atom stereocenters. The molecule has 108 valence electrons. The maximum atomic E-state index is 12.5. The second-order valence-electron chi connectivity index (χ2n) is 4.93. The second-order valence-corrected chi connectivity index (χ2v) is 6.47. The van der Waals surface area contributed by atoms with E-state index in [0.717, 1.165) is 28.0 Å². The van der Waals surface area contributed by atoms with E-state index in [4.69, 9.17) is 0 Å². The van der Waals surface area contributed by atoms with Crippen molar-refractivity contribution in [3.63, 3.8) is 0 Å². The summed E-state index contributed by atoms with van der Waals surface area (Å²) in [6.07, 6.45) is 1.15. The van der Waals surface area contributed by atoms with Crippen molar-refractivity contribution in [1.82, 2.24) is 19.4 Å². The summed E-state index contributed by atoms with van der Waals surface area (Å²) >= 11 is 4.71. The Kier molecular flexibility index (Phi) is 4.70. The summed E-state index contributed by atoms with van der Waals surface area (Å²) in [7, 11) is 1.86. The van der Waals surface area contributed by atoms with Gasteiger partial charge in [0.05, 0.1) is 28.0 Å². The lowest BCUT2D eigenvalue weighted by Gasteiger charge is -2.04. The van der Waals surface area contributed by atoms with Gasteiger partial charge in [-0.3, -0.25) is 9.48 Å². The molecule has 0 spiro atoms. The predicted molar refractivity (Wildman–Crippen MR) is 82.3 cm³/mol. The Balaban J connectivity index is 2.28. The van der Waals surface area contributed by atoms with E-state index in [1.165, 1.54) is 11.5 Å². The van der Waals surface area contributed by atoms with Crippen molar-refractivity contribution in [3.8, 4) is 0 Å². The summed E-state index contributed by atoms with van der Waals surface area (Å²) in [5, 5.41) is 8.47. The first kappa shape index (κ1) is 15.3. The molecule has 0 aromatic carbocycles. The molecule has 0 fully saturated rings. The molecule has 2 rings (SSSR count). The molecule has 2 aromatic heterocycles. The molecule has 0 aliphatic carbocycles. The van der Waals surface area contributed by atoms with Gasteiger partial charge in [-0.05, 0) is 39.8 Å². The van der Waals surface area contributed by atoms with E-state index in [9.17, 15) is 4.79 Å². The molecular weight excluding hydrogens is 340 g/mol. The fourth-order valence-electron chi connectivity index (χ4n) is 2.01. The molecule has 0 bridgehead atoms. The minimum Gasteiger partial charge on any atom is -0.293 e. The minimum absolute atomic E-state index is 0.0510. The van der Waals surface area contributed by atoms with Gasteiger partial charge in [0.2, 0.25) is 0 Å². The molecule has 0 radical (unpaired) electrons. The van der Waals surface area contributed by atoms with Crippen molar-refractivity contribution in [2.45, 2.75) is 39.5 Å². The molecule has 0 aliphatic rings. The van der Waals surface area contributed by atoms with E-state index in [1.54, 1.807) is 4.68 Å². The van der Waals surface area contributed by atoms with Crippen molar-refractivity contribution in [2.24, 2.45) is 7.05 Å². The molecule has 0 N–H and O–H groups in total. The monoisotopic (exact) mass is 356 g/mol. The summed E-state index contributed by atoms with van der Waals surface area (Å²) in [6, 6.07) is 0. The number of halogens is 1. The van der Waals surface area contributed by atoms with E-state index in [1.807, 2.05) is 27.8 Å². The van der Waals surface area contributed by atoms with E-state index >= 15 is 0 Å². The zero-order chi connectivity index (χ0) is 14.9. The van der Waals surface area contributed by atoms with Crippen LogP contribution in [0.15, 0.2) is 4.47 Å². The van der Waals surface area contributed by atoms with Gasteiger partial charge in [-0.15, -0.1) is 5.10 Å². The van der Waals surface area contributed by atoms with Gasteiger partial charge in [0, 0.05) is 7.05 Å². The molecule has 7 heteroatoms. The third-order valence-electron chi connectivity index (χ3n) is 3.14. The topological polar surface area (TPSA) is 60.7 Å². The number of nitrogens with zero attached hydrogens (tertiary/aromatic N) is 4. The van der Waals surface area contributed by atoms with Crippen LogP contribution in [0.3, 0.4) is 0 Å². The highest BCUT2D eigenvalue weighted by Crippen LogP contribution is 2.25. The number of hydrogen-bond donors (Lipinski definition) is 0. The van der Waals surface area contributed by atoms with Gasteiger partial charge in [0.15, 0.2) is 5.78 Å². The van der Waals surface area contributed by atoms with Crippen molar-refractivity contribution >= 4 is 33.2 Å². The molecule has 0 saturated carbocycles. The molecule has 2 heterocycles. The fourth-order valence-corrected chi connectivity index (χ4v) is 3.52. The molecular formula is C13H17BrN4OS. The Bertz CT molecular complexity index is 632. The highest BCUT2D eigenvalue weighted by atomic mass is 79.9. The van der Waals surface area contributed by atoms with Gasteiger partial charge in [-0.1, -0.05) is 25.3 Å². The molecule has 0 saturated heterocycles. The summed E-state index contributed by atoms with van der Waals surface area (Å²) < 4.78 is 6.61. The zero-order valence-corrected chi connectivity index (χ0v) is 14.4. The average Bonchev–Trinajstić information content (AvgIpc) is 2.98. The van der Waals surface area contributed by atoms with E-state index < -0.39 is 0 Å². The molecule has 20 heavy (non-hydrogen) atoms. The number of hydrogen-bond acceptors (Lipinski definition) is 5. The SMILES string of the molecule is CCc1nn(C)c(CC(=O)c2snnc2C(C)C)c1Br. The third kappa shape index (κ3) is 2.83. The largest absolute Gasteiger partial charge is 0.293 e. The molecule has 0 atom stereocenters. The fraction of sp³-hybridized carbons (Fsp3) is 0.538. The van der Waals surface area contributed by atoms with E-state index in [2.05, 4.69) is 30.6 Å². The Labute approximate surface area is 130 Å². The van der Waals surface area contributed by atoms with Crippen molar-refractivity contribution in [2.75, 3.05) is 0 Å². The summed E-state index contributed by atoms with van der Waals surface area (Å²) in [4.78, 5) is 13.1. The smallest absolute Gasteiger partial charge is 0.182 e. The molecule has 2 aromatic rings. The first-order valence-electron chi connectivity index (χ1n) is 6.51. The first-order chi connectivity index (χ1) is 9.45. The Morgan fingerprint density at radius 3 is 2.70 bits per heavy atom. The summed E-state index contributed by atoms with van der Waals surface area (Å²) in [6.45, 7) is 6.08. The van der Waals surface area contributed by atoms with Crippen LogP contribution < -0.4 is 0 Å². The lowest BCUT2D eigenvalue weighted by atomic mass is 10.1. The Hall–Kier alpha value is -1.08. The molecule has 0 aliphatic heterocycles. The Morgan fingerprint density at radius 2 is 2.15 bits per heavy atom. The minimum atomic E-state index is 0.0510. The van der Waals surface area contributed by atoms with Crippen LogP contribution in [0.4, 0.5) is 0 Å². The summed E-state index contributed by atoms with van der Waals surface area (Å²) in [5.41, 5.74) is 2.66. The van der Waals surface area contributed by atoms with Gasteiger partial charge in [0.1, 0.15) is 4.88 Å². The van der Waals surface area contributed by atoms with Crippen LogP contribution in [-0.4, -0.2) is 25.2 Å². The maximum Gasteiger partial charge on any atom is 0.182 e. The van der Waals surface area contributed by atoms with Gasteiger partial charge >= 0.3 is 0 Å². The Morgan fingerprint density at radius 1 is 1.45 bits per heavy atom. The number of rotatable bonds is 5. The lowest BCUT2D eigenvalue weighted by Crippen LogP contribution is -2.09. The van der Waals surface area contributed by atoms with Crippen LogP contribution in [0.1, 0.15) is 53.4 Å². The van der Waals surface area contributed by atoms with Crippen molar-refractivity contribution < 1.29 is 4.79 Å². The van der Waals surface area contributed by atoms with Crippen LogP contribution in [0.25, 0.3) is 0 Å². The number of aryl methyl sites for hydroxylation is 2. The van der Waals surface area contributed by atoms with Gasteiger partial charge in [-0.25, -0.2) is 0 Å². The van der Waals surface area contributed by atoms with Gasteiger partial charge < -0.3 is 0 Å². The highest BCUT2D eigenvalue weighted by molar-refractivity contribution is 9.10. The highest BCUT2D eigenvalue weighted by Gasteiger charge is 2.22. The number of carbonyl (C=O) groups excluding carboxylic acids is 1. The van der Waals surface area contributed by atoms with Crippen molar-refractivity contribution in [3.05, 3.63) is 26.4 Å². The standard InChI is InChI=1S/C13H17BrN4OS/c1-5-8-11(14)9(18(4)16-8)6-10(19)13-12(7(2)3)15-17-20-13/h7H,5-6H2,1-4H3. The van der Waals surface area contributed by atoms with E-state index in [-0.39, 0.29) is 11.7 Å². The maximum absolute atomic E-state index is 12.5. The van der Waals surface area contributed by atoms with Crippen LogP contribution in [0, 0.1) is 0 Å². The predicted octanol–water partition coefficient (Wildman–Crippen LogP) is 3.15. The number of ketones is 1. The number of carbonyl (C=O) groups is 1. The first-order valence-corrected chi connectivity index (χ1v) is 8.08. The lowest BCUT2D eigenvalue weighted by molar-refractivity contribution is 0.0993. The molecule has 0 amide bonds. The van der Waals surface area contributed by atoms with Crippen LogP contribution in [0.5, 0.6) is 0 Å². The second kappa shape index (κ2) is 6.13. The van der Waals surface area contributed by atoms with Gasteiger partial charge in [-0.2, -0.15) is 5.10 Å². The van der Waals surface area contributed by atoms with Crippen LogP contribution >= 0.6 is 27.5 Å². The molecule has 5 nitrogen and oxygen atoms in total. The quantitative estimate of drug-likeness (QED) is 0.772. The number of aromatic nitrogens is 4. The number of Topliss-reactive ketones (excluding diaryl/α,β-unsaturated/α-hetero) is 1. The zero-order valence-electron chi connectivity index (χ0n) is 12.0. The van der Waals surface area contributed by atoms with Crippen molar-refractivity contribution in [1.29, 1.82) is 0 Å². The normalized spacial score (nSPS) is 11.3.